The van der Waals surface area contributed by atoms with E-state index >= 15 is 0 Å². The molecule has 15 heavy (non-hydrogen) atoms. The smallest absolute Gasteiger partial charge is 0.162 e. The number of halogens is 1. The normalized spacial score (nSPS) is 17.0. The zero-order valence-electron chi connectivity index (χ0n) is 8.50. The fourth-order valence-electron chi connectivity index (χ4n) is 1.52. The lowest BCUT2D eigenvalue weighted by atomic mass is 10.1. The van der Waals surface area contributed by atoms with Crippen LogP contribution in [-0.2, 0) is 0 Å². The lowest BCUT2D eigenvalue weighted by molar-refractivity contribution is 0.197. The minimum absolute atomic E-state index is 0.517. The molecule has 3 nitrogen and oxygen atoms in total. The van der Waals surface area contributed by atoms with Crippen molar-refractivity contribution in [3.8, 4) is 11.5 Å². The van der Waals surface area contributed by atoms with E-state index in [1.54, 1.807) is 6.92 Å². The number of hydrogen-bond acceptors (Lipinski definition) is 3. The molecule has 82 valence electrons. The van der Waals surface area contributed by atoms with Gasteiger partial charge in [-0.1, -0.05) is 15.9 Å². The topological polar surface area (TPSA) is 38.7 Å². The van der Waals surface area contributed by atoms with Crippen LogP contribution in [0.5, 0.6) is 11.5 Å². The Bertz CT molecular complexity index is 363. The maximum atomic E-state index is 9.55. The van der Waals surface area contributed by atoms with Crippen molar-refractivity contribution >= 4 is 15.9 Å². The van der Waals surface area contributed by atoms with E-state index in [9.17, 15) is 5.11 Å². The minimum atomic E-state index is -0.517. The summed E-state index contributed by atoms with van der Waals surface area (Å²) in [5, 5.41) is 9.55. The van der Waals surface area contributed by atoms with Gasteiger partial charge in [0, 0.05) is 10.9 Å². The fraction of sp³-hybridized carbons (Fsp3) is 0.455. The predicted octanol–water partition coefficient (Wildman–Crippen LogP) is 2.66. The SMILES string of the molecule is C[C@@H](O)c1cc2c(cc1Br)OCCCO2. The summed E-state index contributed by atoms with van der Waals surface area (Å²) in [6, 6.07) is 3.68. The average molecular weight is 273 g/mol. The third-order valence-corrected chi connectivity index (χ3v) is 3.00. The molecule has 1 aliphatic rings. The van der Waals surface area contributed by atoms with Crippen molar-refractivity contribution in [1.82, 2.24) is 0 Å². The van der Waals surface area contributed by atoms with E-state index in [0.717, 1.165) is 22.2 Å². The van der Waals surface area contributed by atoms with Gasteiger partial charge in [-0.25, -0.2) is 0 Å². The molecular formula is C11H13BrO3. The lowest BCUT2D eigenvalue weighted by Gasteiger charge is -2.13. The van der Waals surface area contributed by atoms with Gasteiger partial charge in [0.25, 0.3) is 0 Å². The van der Waals surface area contributed by atoms with E-state index in [1.807, 2.05) is 12.1 Å². The summed E-state index contributed by atoms with van der Waals surface area (Å²) in [7, 11) is 0. The Kier molecular flexibility index (Phi) is 3.17. The predicted molar refractivity (Wildman–Crippen MR) is 60.4 cm³/mol. The Morgan fingerprint density at radius 1 is 1.27 bits per heavy atom. The standard InChI is InChI=1S/C11H13BrO3/c1-7(13)8-5-10-11(6-9(8)12)15-4-2-3-14-10/h5-7,13H,2-4H2,1H3/t7-/m1/s1. The molecule has 0 aromatic heterocycles. The summed E-state index contributed by atoms with van der Waals surface area (Å²) in [6.07, 6.45) is 0.368. The number of rotatable bonds is 1. The zero-order valence-corrected chi connectivity index (χ0v) is 10.1. The summed E-state index contributed by atoms with van der Waals surface area (Å²) in [5.74, 6) is 1.45. The lowest BCUT2D eigenvalue weighted by Crippen LogP contribution is -1.97. The molecule has 0 amide bonds. The van der Waals surface area contributed by atoms with Crippen molar-refractivity contribution in [2.24, 2.45) is 0 Å². The molecule has 0 fully saturated rings. The molecule has 1 N–H and O–H groups in total. The number of benzene rings is 1. The van der Waals surface area contributed by atoms with Crippen LogP contribution in [0.15, 0.2) is 16.6 Å². The highest BCUT2D eigenvalue weighted by Crippen LogP contribution is 2.37. The van der Waals surface area contributed by atoms with E-state index in [1.165, 1.54) is 0 Å². The van der Waals surface area contributed by atoms with Gasteiger partial charge in [-0.3, -0.25) is 0 Å². The van der Waals surface area contributed by atoms with Gasteiger partial charge >= 0.3 is 0 Å². The van der Waals surface area contributed by atoms with Crippen LogP contribution >= 0.6 is 15.9 Å². The third kappa shape index (κ3) is 2.26. The Morgan fingerprint density at radius 2 is 1.87 bits per heavy atom. The highest BCUT2D eigenvalue weighted by Gasteiger charge is 2.15. The number of aliphatic hydroxyl groups is 1. The molecule has 1 heterocycles. The molecule has 1 aliphatic heterocycles. The molecule has 0 aliphatic carbocycles. The van der Waals surface area contributed by atoms with Gasteiger partial charge in [-0.2, -0.15) is 0 Å². The van der Waals surface area contributed by atoms with E-state index < -0.39 is 6.10 Å². The summed E-state index contributed by atoms with van der Waals surface area (Å²) >= 11 is 3.41. The molecule has 0 saturated heterocycles. The molecule has 1 aromatic carbocycles. The molecule has 1 aromatic rings. The molecule has 0 saturated carbocycles. The fourth-order valence-corrected chi connectivity index (χ4v) is 2.17. The monoisotopic (exact) mass is 272 g/mol. The van der Waals surface area contributed by atoms with Crippen molar-refractivity contribution in [1.29, 1.82) is 0 Å². The number of ether oxygens (including phenoxy) is 2. The highest BCUT2D eigenvalue weighted by molar-refractivity contribution is 9.10. The van der Waals surface area contributed by atoms with Crippen molar-refractivity contribution in [3.05, 3.63) is 22.2 Å². The second-order valence-corrected chi connectivity index (χ2v) is 4.40. The van der Waals surface area contributed by atoms with Crippen molar-refractivity contribution in [2.45, 2.75) is 19.4 Å². The Hall–Kier alpha value is -0.740. The second-order valence-electron chi connectivity index (χ2n) is 3.55. The first-order valence-corrected chi connectivity index (χ1v) is 5.75. The first kappa shape index (κ1) is 10.8. The molecular weight excluding hydrogens is 260 g/mol. The van der Waals surface area contributed by atoms with Crippen LogP contribution in [0.1, 0.15) is 25.0 Å². The Morgan fingerprint density at radius 3 is 2.47 bits per heavy atom. The van der Waals surface area contributed by atoms with Gasteiger partial charge in [0.15, 0.2) is 11.5 Å². The second kappa shape index (κ2) is 4.41. The van der Waals surface area contributed by atoms with Crippen LogP contribution in [0.4, 0.5) is 0 Å². The van der Waals surface area contributed by atoms with Crippen LogP contribution in [0.3, 0.4) is 0 Å². The van der Waals surface area contributed by atoms with Gasteiger partial charge in [0.2, 0.25) is 0 Å². The van der Waals surface area contributed by atoms with E-state index in [4.69, 9.17) is 9.47 Å². The average Bonchev–Trinajstić information content (AvgIpc) is 2.40. The Balaban J connectivity index is 2.42. The highest BCUT2D eigenvalue weighted by atomic mass is 79.9. The van der Waals surface area contributed by atoms with Gasteiger partial charge in [0.1, 0.15) is 0 Å². The molecule has 0 unspecified atom stereocenters. The van der Waals surface area contributed by atoms with Gasteiger partial charge in [0.05, 0.1) is 19.3 Å². The minimum Gasteiger partial charge on any atom is -0.490 e. The summed E-state index contributed by atoms with van der Waals surface area (Å²) in [4.78, 5) is 0. The van der Waals surface area contributed by atoms with E-state index in [-0.39, 0.29) is 0 Å². The Labute approximate surface area is 97.1 Å². The molecule has 4 heteroatoms. The van der Waals surface area contributed by atoms with Crippen LogP contribution in [-0.4, -0.2) is 18.3 Å². The quantitative estimate of drug-likeness (QED) is 0.855. The summed E-state index contributed by atoms with van der Waals surface area (Å²) < 4.78 is 11.9. The van der Waals surface area contributed by atoms with E-state index in [0.29, 0.717) is 19.0 Å². The summed E-state index contributed by atoms with van der Waals surface area (Å²) in [6.45, 7) is 3.06. The van der Waals surface area contributed by atoms with Crippen molar-refractivity contribution < 1.29 is 14.6 Å². The zero-order chi connectivity index (χ0) is 10.8. The number of aliphatic hydroxyl groups excluding tert-OH is 1. The third-order valence-electron chi connectivity index (χ3n) is 2.32. The van der Waals surface area contributed by atoms with Crippen molar-refractivity contribution in [3.63, 3.8) is 0 Å². The molecule has 0 radical (unpaired) electrons. The first-order chi connectivity index (χ1) is 7.18. The van der Waals surface area contributed by atoms with E-state index in [2.05, 4.69) is 15.9 Å². The summed E-state index contributed by atoms with van der Waals surface area (Å²) in [5.41, 5.74) is 0.819. The molecule has 0 spiro atoms. The van der Waals surface area contributed by atoms with Crippen molar-refractivity contribution in [2.75, 3.05) is 13.2 Å². The molecule has 0 bridgehead atoms. The van der Waals surface area contributed by atoms with Gasteiger partial charge < -0.3 is 14.6 Å². The maximum Gasteiger partial charge on any atom is 0.162 e. The van der Waals surface area contributed by atoms with Crippen LogP contribution in [0.25, 0.3) is 0 Å². The first-order valence-electron chi connectivity index (χ1n) is 4.95. The van der Waals surface area contributed by atoms with Crippen LogP contribution < -0.4 is 9.47 Å². The maximum absolute atomic E-state index is 9.55. The molecule has 1 atom stereocenters. The number of hydrogen-bond donors (Lipinski definition) is 1. The van der Waals surface area contributed by atoms with Gasteiger partial charge in [-0.05, 0) is 24.6 Å². The largest absolute Gasteiger partial charge is 0.490 e. The van der Waals surface area contributed by atoms with Crippen LogP contribution in [0, 0.1) is 0 Å². The van der Waals surface area contributed by atoms with Crippen LogP contribution in [0.2, 0.25) is 0 Å². The number of fused-ring (bicyclic) bond motifs is 1. The molecule has 2 rings (SSSR count). The van der Waals surface area contributed by atoms with Gasteiger partial charge in [-0.15, -0.1) is 0 Å².